The van der Waals surface area contributed by atoms with Gasteiger partial charge in [-0.1, -0.05) is 0 Å². The highest BCUT2D eigenvalue weighted by Crippen LogP contribution is 2.49. The Hall–Kier alpha value is -3.28. The van der Waals surface area contributed by atoms with E-state index in [4.69, 9.17) is 0 Å². The van der Waals surface area contributed by atoms with Crippen LogP contribution >= 0.6 is 0 Å². The number of hydrogen-bond donors (Lipinski definition) is 1. The number of Topliss-reactive ketones (excluding diaryl/α,β-unsaturated/α-hetero) is 1. The standard InChI is InChI=1S/C26H23F3N2O/c27-19-7-5-16(6-8-19)25-24(21-14-20(28)15-22(29)26(21)30-25)18-12-17(13-18)23(32)4-3-11-31-9-1-2-10-31/h1-2,5-10,14-15,17-18,30H,3-4,11-13H2. The third-order valence-corrected chi connectivity index (χ3v) is 6.50. The van der Waals surface area contributed by atoms with Crippen molar-refractivity contribution in [1.29, 1.82) is 0 Å². The van der Waals surface area contributed by atoms with E-state index in [1.54, 1.807) is 12.1 Å². The molecule has 2 heterocycles. The Morgan fingerprint density at radius 1 is 1.00 bits per heavy atom. The Balaban J connectivity index is 1.37. The van der Waals surface area contributed by atoms with Gasteiger partial charge in [0.2, 0.25) is 0 Å². The molecule has 0 aliphatic heterocycles. The number of carbonyl (C=O) groups excluding carboxylic acids is 1. The van der Waals surface area contributed by atoms with Crippen molar-refractivity contribution < 1.29 is 18.0 Å². The fourth-order valence-corrected chi connectivity index (χ4v) is 4.78. The van der Waals surface area contributed by atoms with Crippen LogP contribution in [0.1, 0.15) is 37.2 Å². The summed E-state index contributed by atoms with van der Waals surface area (Å²) in [5.41, 5.74) is 2.41. The fraction of sp³-hybridized carbons (Fsp3) is 0.269. The van der Waals surface area contributed by atoms with Crippen LogP contribution in [0.5, 0.6) is 0 Å². The lowest BCUT2D eigenvalue weighted by atomic mass is 9.68. The molecule has 0 unspecified atom stereocenters. The first-order valence-electron chi connectivity index (χ1n) is 10.9. The quantitative estimate of drug-likeness (QED) is 0.348. The van der Waals surface area contributed by atoms with Crippen LogP contribution < -0.4 is 0 Å². The van der Waals surface area contributed by atoms with Crippen LogP contribution in [0.4, 0.5) is 13.2 Å². The Bertz CT molecular complexity index is 1250. The molecule has 0 amide bonds. The molecule has 1 N–H and O–H groups in total. The zero-order chi connectivity index (χ0) is 22.2. The molecule has 0 bridgehead atoms. The van der Waals surface area contributed by atoms with Crippen LogP contribution in [0.3, 0.4) is 0 Å². The molecule has 4 aromatic rings. The summed E-state index contributed by atoms with van der Waals surface area (Å²) in [5.74, 6) is -1.44. The normalized spacial score (nSPS) is 18.1. The summed E-state index contributed by atoms with van der Waals surface area (Å²) in [6.07, 6.45) is 6.59. The van der Waals surface area contributed by atoms with Gasteiger partial charge in [0.05, 0.1) is 11.2 Å². The van der Waals surface area contributed by atoms with Crippen molar-refractivity contribution in [3.05, 3.63) is 83.9 Å². The molecule has 2 aromatic carbocycles. The molecule has 0 spiro atoms. The van der Waals surface area contributed by atoms with Crippen LogP contribution in [-0.2, 0) is 11.3 Å². The number of aromatic amines is 1. The van der Waals surface area contributed by atoms with E-state index in [9.17, 15) is 18.0 Å². The highest BCUT2D eigenvalue weighted by Gasteiger charge is 2.38. The number of nitrogens with one attached hydrogen (secondary N) is 1. The van der Waals surface area contributed by atoms with Gasteiger partial charge in [-0.05, 0) is 78.8 Å². The molecule has 1 fully saturated rings. The molecule has 1 saturated carbocycles. The highest BCUT2D eigenvalue weighted by molar-refractivity contribution is 5.92. The zero-order valence-corrected chi connectivity index (χ0v) is 17.5. The molecular formula is C26H23F3N2O. The number of benzene rings is 2. The Morgan fingerprint density at radius 2 is 1.72 bits per heavy atom. The second kappa shape index (κ2) is 8.34. The minimum absolute atomic E-state index is 0.0170. The Morgan fingerprint density at radius 3 is 2.44 bits per heavy atom. The number of ketones is 1. The molecule has 0 radical (unpaired) electrons. The first-order chi connectivity index (χ1) is 15.5. The van der Waals surface area contributed by atoms with Gasteiger partial charge >= 0.3 is 0 Å². The molecule has 1 aliphatic rings. The highest BCUT2D eigenvalue weighted by atomic mass is 19.1. The van der Waals surface area contributed by atoms with Gasteiger partial charge in [0.1, 0.15) is 23.2 Å². The number of carbonyl (C=O) groups is 1. The summed E-state index contributed by atoms with van der Waals surface area (Å²) in [7, 11) is 0. The number of halogens is 3. The molecule has 6 heteroatoms. The molecule has 2 aromatic heterocycles. The van der Waals surface area contributed by atoms with Gasteiger partial charge in [-0.25, -0.2) is 13.2 Å². The van der Waals surface area contributed by atoms with Crippen molar-refractivity contribution in [3.63, 3.8) is 0 Å². The fourth-order valence-electron chi connectivity index (χ4n) is 4.78. The number of nitrogens with zero attached hydrogens (tertiary/aromatic N) is 1. The molecule has 0 atom stereocenters. The second-order valence-corrected chi connectivity index (χ2v) is 8.59. The van der Waals surface area contributed by atoms with Gasteiger partial charge in [0.15, 0.2) is 0 Å². The van der Waals surface area contributed by atoms with Gasteiger partial charge < -0.3 is 9.55 Å². The van der Waals surface area contributed by atoms with Crippen molar-refractivity contribution in [2.45, 2.75) is 38.1 Å². The van der Waals surface area contributed by atoms with Crippen molar-refractivity contribution in [1.82, 2.24) is 9.55 Å². The van der Waals surface area contributed by atoms with Crippen molar-refractivity contribution >= 4 is 16.7 Å². The lowest BCUT2D eigenvalue weighted by Crippen LogP contribution is -2.29. The number of hydrogen-bond acceptors (Lipinski definition) is 1. The van der Waals surface area contributed by atoms with Crippen LogP contribution in [0.25, 0.3) is 22.2 Å². The molecule has 1 aliphatic carbocycles. The molecular weight excluding hydrogens is 413 g/mol. The maximum atomic E-state index is 14.5. The number of H-pyrrole nitrogens is 1. The van der Waals surface area contributed by atoms with Crippen molar-refractivity contribution in [2.24, 2.45) is 5.92 Å². The topological polar surface area (TPSA) is 37.8 Å². The summed E-state index contributed by atoms with van der Waals surface area (Å²) in [4.78, 5) is 15.7. The van der Waals surface area contributed by atoms with Gasteiger partial charge in [-0.2, -0.15) is 0 Å². The minimum Gasteiger partial charge on any atom is -0.354 e. The second-order valence-electron chi connectivity index (χ2n) is 8.59. The number of aryl methyl sites for hydroxylation is 1. The van der Waals surface area contributed by atoms with E-state index in [1.807, 2.05) is 24.5 Å². The first-order valence-corrected chi connectivity index (χ1v) is 10.9. The van der Waals surface area contributed by atoms with Gasteiger partial charge in [0.25, 0.3) is 0 Å². The lowest BCUT2D eigenvalue weighted by molar-refractivity contribution is -0.125. The van der Waals surface area contributed by atoms with E-state index in [0.29, 0.717) is 35.9 Å². The Labute approximate surface area is 183 Å². The molecule has 32 heavy (non-hydrogen) atoms. The lowest BCUT2D eigenvalue weighted by Gasteiger charge is -2.35. The van der Waals surface area contributed by atoms with Crippen LogP contribution in [0.2, 0.25) is 0 Å². The average molecular weight is 436 g/mol. The van der Waals surface area contributed by atoms with E-state index in [-0.39, 0.29) is 29.0 Å². The van der Waals surface area contributed by atoms with Crippen LogP contribution in [-0.4, -0.2) is 15.3 Å². The smallest absolute Gasteiger partial charge is 0.150 e. The molecule has 3 nitrogen and oxygen atoms in total. The molecule has 5 rings (SSSR count). The summed E-state index contributed by atoms with van der Waals surface area (Å²) in [6.45, 7) is 0.810. The summed E-state index contributed by atoms with van der Waals surface area (Å²) < 4.78 is 44.0. The zero-order valence-electron chi connectivity index (χ0n) is 17.5. The minimum atomic E-state index is -0.661. The maximum absolute atomic E-state index is 14.5. The average Bonchev–Trinajstić information content (AvgIpc) is 3.36. The Kier molecular flexibility index (Phi) is 5.37. The van der Waals surface area contributed by atoms with E-state index in [2.05, 4.69) is 9.55 Å². The van der Waals surface area contributed by atoms with E-state index < -0.39 is 11.6 Å². The van der Waals surface area contributed by atoms with E-state index >= 15 is 0 Å². The third-order valence-electron chi connectivity index (χ3n) is 6.50. The van der Waals surface area contributed by atoms with E-state index in [0.717, 1.165) is 24.6 Å². The summed E-state index contributed by atoms with van der Waals surface area (Å²) >= 11 is 0. The monoisotopic (exact) mass is 436 g/mol. The van der Waals surface area contributed by atoms with Gasteiger partial charge in [-0.3, -0.25) is 4.79 Å². The van der Waals surface area contributed by atoms with Crippen molar-refractivity contribution in [2.75, 3.05) is 0 Å². The van der Waals surface area contributed by atoms with Crippen LogP contribution in [0.15, 0.2) is 60.9 Å². The predicted octanol–water partition coefficient (Wildman–Crippen LogP) is 6.60. The molecule has 0 saturated heterocycles. The number of aromatic nitrogens is 2. The van der Waals surface area contributed by atoms with Crippen LogP contribution in [0, 0.1) is 23.4 Å². The number of fused-ring (bicyclic) bond motifs is 1. The predicted molar refractivity (Wildman–Crippen MR) is 118 cm³/mol. The van der Waals surface area contributed by atoms with Gasteiger partial charge in [0, 0.05) is 42.7 Å². The number of rotatable bonds is 7. The largest absolute Gasteiger partial charge is 0.354 e. The van der Waals surface area contributed by atoms with E-state index in [1.165, 1.54) is 18.2 Å². The van der Waals surface area contributed by atoms with Crippen molar-refractivity contribution in [3.8, 4) is 11.3 Å². The third kappa shape index (κ3) is 3.85. The van der Waals surface area contributed by atoms with Gasteiger partial charge in [-0.15, -0.1) is 0 Å². The summed E-state index contributed by atoms with van der Waals surface area (Å²) in [5, 5.41) is 0.491. The summed E-state index contributed by atoms with van der Waals surface area (Å²) in [6, 6.07) is 12.1. The maximum Gasteiger partial charge on any atom is 0.150 e. The SMILES string of the molecule is O=C(CCCn1cccc1)C1CC(c2c(-c3ccc(F)cc3)[nH]c3c(F)cc(F)cc23)C1. The molecule has 164 valence electrons. The first kappa shape index (κ1) is 20.6.